The van der Waals surface area contributed by atoms with Crippen molar-refractivity contribution >= 4 is 0 Å². The van der Waals surface area contributed by atoms with Crippen molar-refractivity contribution in [2.75, 3.05) is 13.1 Å². The average molecular weight is 278 g/mol. The largest absolute Gasteiger partial charge is 0.315 e. The number of aromatic nitrogens is 2. The van der Waals surface area contributed by atoms with Crippen LogP contribution in [-0.2, 0) is 19.4 Å². The highest BCUT2D eigenvalue weighted by Gasteiger charge is 2.15. The third kappa shape index (κ3) is 4.60. The van der Waals surface area contributed by atoms with E-state index in [1.165, 1.54) is 49.1 Å². The first kappa shape index (κ1) is 15.5. The van der Waals surface area contributed by atoms with Crippen molar-refractivity contribution in [3.8, 4) is 0 Å². The Hall–Kier alpha value is -0.870. The number of nitrogens with zero attached hydrogens (tertiary/aromatic N) is 1. The maximum Gasteiger partial charge on any atom is 0.0794 e. The van der Waals surface area contributed by atoms with Crippen molar-refractivity contribution in [2.45, 2.75) is 65.5 Å². The summed E-state index contributed by atoms with van der Waals surface area (Å²) in [5, 5.41) is 14.8. The quantitative estimate of drug-likeness (QED) is 0.671. The minimum Gasteiger partial charge on any atom is -0.315 e. The van der Waals surface area contributed by atoms with Crippen LogP contribution >= 0.6 is 0 Å². The maximum atomic E-state index is 4.51. The lowest BCUT2D eigenvalue weighted by Gasteiger charge is -2.15. The number of aryl methyl sites for hydroxylation is 1. The highest BCUT2D eigenvalue weighted by Crippen LogP contribution is 2.21. The standard InChI is InChI=1S/C16H30N4/c1-12(2)9-17-10-13(3)18-11-16-14-7-5-4-6-8-15(14)19-20-16/h12-13,17-18H,4-11H2,1-3H3,(H,19,20). The van der Waals surface area contributed by atoms with E-state index < -0.39 is 0 Å². The minimum absolute atomic E-state index is 0.479. The van der Waals surface area contributed by atoms with Gasteiger partial charge in [-0.25, -0.2) is 0 Å². The number of nitrogens with one attached hydrogen (secondary N) is 3. The van der Waals surface area contributed by atoms with Crippen LogP contribution in [0, 0.1) is 5.92 Å². The minimum atomic E-state index is 0.479. The molecule has 0 bridgehead atoms. The van der Waals surface area contributed by atoms with Gasteiger partial charge >= 0.3 is 0 Å². The van der Waals surface area contributed by atoms with E-state index in [0.717, 1.165) is 19.6 Å². The van der Waals surface area contributed by atoms with Gasteiger partial charge in [0.05, 0.1) is 5.69 Å². The molecule has 1 unspecified atom stereocenters. The number of fused-ring (bicyclic) bond motifs is 1. The Morgan fingerprint density at radius 2 is 1.90 bits per heavy atom. The molecule has 20 heavy (non-hydrogen) atoms. The lowest BCUT2D eigenvalue weighted by molar-refractivity contribution is 0.469. The van der Waals surface area contributed by atoms with Crippen molar-refractivity contribution in [3.05, 3.63) is 17.0 Å². The summed E-state index contributed by atoms with van der Waals surface area (Å²) in [7, 11) is 0. The first-order valence-electron chi connectivity index (χ1n) is 8.16. The number of H-pyrrole nitrogens is 1. The normalized spacial score (nSPS) is 17.0. The zero-order chi connectivity index (χ0) is 14.4. The second-order valence-corrected chi connectivity index (χ2v) is 6.52. The summed E-state index contributed by atoms with van der Waals surface area (Å²) >= 11 is 0. The fourth-order valence-electron chi connectivity index (χ4n) is 2.80. The molecule has 114 valence electrons. The SMILES string of the molecule is CC(C)CNCC(C)NCc1n[nH]c2c1CCCCC2. The van der Waals surface area contributed by atoms with Crippen molar-refractivity contribution in [1.82, 2.24) is 20.8 Å². The molecule has 1 aromatic heterocycles. The van der Waals surface area contributed by atoms with Gasteiger partial charge < -0.3 is 10.6 Å². The van der Waals surface area contributed by atoms with Crippen molar-refractivity contribution in [2.24, 2.45) is 5.92 Å². The van der Waals surface area contributed by atoms with Crippen LogP contribution in [-0.4, -0.2) is 29.3 Å². The highest BCUT2D eigenvalue weighted by atomic mass is 15.1. The second kappa shape index (κ2) is 7.79. The molecule has 1 aromatic rings. The average Bonchev–Trinajstić information content (AvgIpc) is 2.64. The van der Waals surface area contributed by atoms with E-state index in [1.807, 2.05) is 0 Å². The molecule has 1 atom stereocenters. The van der Waals surface area contributed by atoms with E-state index in [-0.39, 0.29) is 0 Å². The van der Waals surface area contributed by atoms with E-state index in [4.69, 9.17) is 0 Å². The van der Waals surface area contributed by atoms with Crippen LogP contribution in [0.15, 0.2) is 0 Å². The summed E-state index contributed by atoms with van der Waals surface area (Å²) in [6.07, 6.45) is 6.34. The predicted octanol–water partition coefficient (Wildman–Crippen LogP) is 2.40. The molecule has 0 aromatic carbocycles. The molecule has 0 radical (unpaired) electrons. The topological polar surface area (TPSA) is 52.7 Å². The second-order valence-electron chi connectivity index (χ2n) is 6.52. The molecule has 0 spiro atoms. The van der Waals surface area contributed by atoms with Crippen molar-refractivity contribution < 1.29 is 0 Å². The summed E-state index contributed by atoms with van der Waals surface area (Å²) in [5.41, 5.74) is 4.10. The fourth-order valence-corrected chi connectivity index (χ4v) is 2.80. The monoisotopic (exact) mass is 278 g/mol. The molecule has 3 N–H and O–H groups in total. The number of rotatable bonds is 7. The Morgan fingerprint density at radius 3 is 2.70 bits per heavy atom. The zero-order valence-electron chi connectivity index (χ0n) is 13.3. The summed E-state index contributed by atoms with van der Waals surface area (Å²) < 4.78 is 0. The van der Waals surface area contributed by atoms with Crippen LogP contribution in [0.2, 0.25) is 0 Å². The molecule has 0 aliphatic heterocycles. The Bertz CT molecular complexity index is 397. The van der Waals surface area contributed by atoms with E-state index in [9.17, 15) is 0 Å². The van der Waals surface area contributed by atoms with Crippen molar-refractivity contribution in [1.29, 1.82) is 0 Å². The molecule has 1 aliphatic carbocycles. The van der Waals surface area contributed by atoms with Gasteiger partial charge in [0.1, 0.15) is 0 Å². The highest BCUT2D eigenvalue weighted by molar-refractivity contribution is 5.26. The molecule has 2 rings (SSSR count). The molecule has 0 saturated heterocycles. The molecular formula is C16H30N4. The van der Waals surface area contributed by atoms with Crippen LogP contribution in [0.4, 0.5) is 0 Å². The first-order valence-corrected chi connectivity index (χ1v) is 8.16. The molecule has 4 nitrogen and oxygen atoms in total. The van der Waals surface area contributed by atoms with E-state index >= 15 is 0 Å². The number of aromatic amines is 1. The molecule has 0 saturated carbocycles. The maximum absolute atomic E-state index is 4.51. The van der Waals surface area contributed by atoms with E-state index in [1.54, 1.807) is 0 Å². The summed E-state index contributed by atoms with van der Waals surface area (Å²) in [6, 6.07) is 0.479. The lowest BCUT2D eigenvalue weighted by Crippen LogP contribution is -2.37. The molecule has 0 fully saturated rings. The van der Waals surface area contributed by atoms with Crippen LogP contribution in [0.3, 0.4) is 0 Å². The Kier molecular flexibility index (Phi) is 6.05. The first-order chi connectivity index (χ1) is 9.66. The Morgan fingerprint density at radius 1 is 1.10 bits per heavy atom. The lowest BCUT2D eigenvalue weighted by atomic mass is 10.1. The van der Waals surface area contributed by atoms with E-state index in [0.29, 0.717) is 12.0 Å². The zero-order valence-corrected chi connectivity index (χ0v) is 13.3. The number of hydrogen-bond acceptors (Lipinski definition) is 3. The van der Waals surface area contributed by atoms with Gasteiger partial charge in [0.25, 0.3) is 0 Å². The third-order valence-corrected chi connectivity index (χ3v) is 4.01. The summed E-state index contributed by atoms with van der Waals surface area (Å²) in [4.78, 5) is 0. The molecule has 1 heterocycles. The Labute approximate surface area is 123 Å². The van der Waals surface area contributed by atoms with Crippen LogP contribution in [0.25, 0.3) is 0 Å². The summed E-state index contributed by atoms with van der Waals surface area (Å²) in [5.74, 6) is 0.712. The van der Waals surface area contributed by atoms with Crippen LogP contribution < -0.4 is 10.6 Å². The van der Waals surface area contributed by atoms with Gasteiger partial charge in [-0.1, -0.05) is 20.3 Å². The van der Waals surface area contributed by atoms with Crippen molar-refractivity contribution in [3.63, 3.8) is 0 Å². The van der Waals surface area contributed by atoms with Gasteiger partial charge in [0.15, 0.2) is 0 Å². The third-order valence-electron chi connectivity index (χ3n) is 4.01. The van der Waals surface area contributed by atoms with E-state index in [2.05, 4.69) is 41.6 Å². The smallest absolute Gasteiger partial charge is 0.0794 e. The van der Waals surface area contributed by atoms with Gasteiger partial charge in [-0.3, -0.25) is 5.10 Å². The van der Waals surface area contributed by atoms with Crippen LogP contribution in [0.1, 0.15) is 57.0 Å². The van der Waals surface area contributed by atoms with Gasteiger partial charge in [0, 0.05) is 24.8 Å². The summed E-state index contributed by atoms with van der Waals surface area (Å²) in [6.45, 7) is 9.71. The van der Waals surface area contributed by atoms with Gasteiger partial charge in [0.2, 0.25) is 0 Å². The molecular weight excluding hydrogens is 248 g/mol. The van der Waals surface area contributed by atoms with Crippen LogP contribution in [0.5, 0.6) is 0 Å². The predicted molar refractivity (Wildman–Crippen MR) is 83.9 cm³/mol. The van der Waals surface area contributed by atoms with Gasteiger partial charge in [-0.2, -0.15) is 5.10 Å². The fraction of sp³-hybridized carbons (Fsp3) is 0.812. The molecule has 4 heteroatoms. The van der Waals surface area contributed by atoms with Gasteiger partial charge in [-0.05, 0) is 50.6 Å². The molecule has 1 aliphatic rings. The molecule has 0 amide bonds. The van der Waals surface area contributed by atoms with Gasteiger partial charge in [-0.15, -0.1) is 0 Å². The number of hydrogen-bond donors (Lipinski definition) is 3. The Balaban J connectivity index is 1.77.